The Morgan fingerprint density at radius 3 is 2.67 bits per heavy atom. The zero-order valence-electron chi connectivity index (χ0n) is 14.6. The van der Waals surface area contributed by atoms with Gasteiger partial charge in [0, 0.05) is 31.6 Å². The average molecular weight is 328 g/mol. The number of carbonyl (C=O) groups is 1. The van der Waals surface area contributed by atoms with Crippen LogP contribution in [0.5, 0.6) is 0 Å². The van der Waals surface area contributed by atoms with Gasteiger partial charge in [-0.1, -0.05) is 17.7 Å². The monoisotopic (exact) mass is 328 g/mol. The van der Waals surface area contributed by atoms with Crippen LogP contribution in [0.1, 0.15) is 33.7 Å². The number of hydrogen-bond acceptors (Lipinski definition) is 5. The lowest BCUT2D eigenvalue weighted by molar-refractivity contribution is 0.0943. The fourth-order valence-electron chi connectivity index (χ4n) is 2.32. The van der Waals surface area contributed by atoms with E-state index in [-0.39, 0.29) is 5.91 Å². The molecule has 0 aliphatic heterocycles. The van der Waals surface area contributed by atoms with Crippen molar-refractivity contribution < 1.29 is 9.53 Å². The number of carbonyl (C=O) groups excluding carboxylic acids is 1. The Kier molecular flexibility index (Phi) is 6.26. The Bertz CT molecular complexity index is 716. The summed E-state index contributed by atoms with van der Waals surface area (Å²) in [6.07, 6.45) is 0.764. The highest BCUT2D eigenvalue weighted by molar-refractivity contribution is 5.92. The minimum Gasteiger partial charge on any atom is -0.385 e. The van der Waals surface area contributed by atoms with Crippen molar-refractivity contribution in [2.24, 2.45) is 0 Å². The van der Waals surface area contributed by atoms with Crippen molar-refractivity contribution >= 4 is 17.5 Å². The van der Waals surface area contributed by atoms with E-state index in [1.807, 2.05) is 32.9 Å². The first-order chi connectivity index (χ1) is 11.5. The molecule has 1 amide bonds. The third kappa shape index (κ3) is 5.03. The highest BCUT2D eigenvalue weighted by atomic mass is 16.5. The number of aromatic nitrogens is 2. The van der Waals surface area contributed by atoms with Crippen LogP contribution >= 0.6 is 0 Å². The van der Waals surface area contributed by atoms with Crippen molar-refractivity contribution in [2.45, 2.75) is 27.2 Å². The number of ether oxygens (including phenoxy) is 1. The van der Waals surface area contributed by atoms with Gasteiger partial charge in [0.25, 0.3) is 5.91 Å². The number of benzene rings is 1. The second-order valence-corrected chi connectivity index (χ2v) is 5.76. The lowest BCUT2D eigenvalue weighted by Crippen LogP contribution is -2.26. The topological polar surface area (TPSA) is 76.1 Å². The lowest BCUT2D eigenvalue weighted by Gasteiger charge is -2.11. The number of nitrogens with zero attached hydrogens (tertiary/aromatic N) is 2. The minimum absolute atomic E-state index is 0.208. The first kappa shape index (κ1) is 17.9. The Morgan fingerprint density at radius 2 is 1.96 bits per heavy atom. The maximum atomic E-state index is 12.2. The molecule has 6 nitrogen and oxygen atoms in total. The van der Waals surface area contributed by atoms with Crippen molar-refractivity contribution in [3.05, 3.63) is 46.8 Å². The molecular formula is C18H24N4O2. The van der Waals surface area contributed by atoms with E-state index < -0.39 is 0 Å². The highest BCUT2D eigenvalue weighted by Gasteiger charge is 2.11. The lowest BCUT2D eigenvalue weighted by atomic mass is 10.1. The number of rotatable bonds is 7. The largest absolute Gasteiger partial charge is 0.385 e. The molecule has 1 aromatic heterocycles. The molecule has 0 spiro atoms. The Morgan fingerprint density at radius 1 is 1.17 bits per heavy atom. The normalized spacial score (nSPS) is 10.5. The smallest absolute Gasteiger partial charge is 0.270 e. The summed E-state index contributed by atoms with van der Waals surface area (Å²) in [7, 11) is 1.64. The van der Waals surface area contributed by atoms with Crippen LogP contribution in [0.4, 0.5) is 11.6 Å². The standard InChI is InChI=1S/C18H24N4O2/c1-12-6-7-15(13(2)10-12)21-18-20-14(3)11-16(22-18)17(23)19-8-5-9-24-4/h6-7,10-11H,5,8-9H2,1-4H3,(H,19,23)(H,20,21,22). The van der Waals surface area contributed by atoms with Crippen LogP contribution in [0, 0.1) is 20.8 Å². The molecule has 24 heavy (non-hydrogen) atoms. The molecule has 0 unspecified atom stereocenters. The second-order valence-electron chi connectivity index (χ2n) is 5.76. The summed E-state index contributed by atoms with van der Waals surface area (Å²) in [5.41, 5.74) is 4.31. The molecule has 6 heteroatoms. The predicted molar refractivity (Wildman–Crippen MR) is 94.8 cm³/mol. The molecule has 1 aromatic carbocycles. The molecule has 0 saturated carbocycles. The van der Waals surface area contributed by atoms with Crippen LogP contribution in [0.25, 0.3) is 0 Å². The van der Waals surface area contributed by atoms with Gasteiger partial charge in [-0.25, -0.2) is 9.97 Å². The number of nitrogens with one attached hydrogen (secondary N) is 2. The number of amides is 1. The fourth-order valence-corrected chi connectivity index (χ4v) is 2.32. The van der Waals surface area contributed by atoms with Crippen LogP contribution in [0.15, 0.2) is 24.3 Å². The van der Waals surface area contributed by atoms with E-state index in [1.165, 1.54) is 5.56 Å². The number of hydrogen-bond donors (Lipinski definition) is 2. The molecule has 0 fully saturated rings. The van der Waals surface area contributed by atoms with E-state index in [0.29, 0.717) is 24.8 Å². The fraction of sp³-hybridized carbons (Fsp3) is 0.389. The van der Waals surface area contributed by atoms with Crippen molar-refractivity contribution in [1.29, 1.82) is 0 Å². The maximum Gasteiger partial charge on any atom is 0.270 e. The quantitative estimate of drug-likeness (QED) is 0.764. The molecule has 1 heterocycles. The number of anilines is 2. The molecule has 2 rings (SSSR count). The van der Waals surface area contributed by atoms with Gasteiger partial charge in [-0.2, -0.15) is 0 Å². The van der Waals surface area contributed by atoms with Crippen molar-refractivity contribution in [1.82, 2.24) is 15.3 Å². The van der Waals surface area contributed by atoms with Gasteiger partial charge in [0.1, 0.15) is 5.69 Å². The zero-order chi connectivity index (χ0) is 17.5. The Hall–Kier alpha value is -2.47. The average Bonchev–Trinajstić information content (AvgIpc) is 2.53. The predicted octanol–water partition coefficient (Wildman–Crippen LogP) is 2.91. The van der Waals surface area contributed by atoms with Gasteiger partial charge in [0.2, 0.25) is 5.95 Å². The third-order valence-electron chi connectivity index (χ3n) is 3.53. The zero-order valence-corrected chi connectivity index (χ0v) is 14.6. The minimum atomic E-state index is -0.208. The summed E-state index contributed by atoms with van der Waals surface area (Å²) in [5.74, 6) is 0.212. The summed E-state index contributed by atoms with van der Waals surface area (Å²) < 4.78 is 4.97. The van der Waals surface area contributed by atoms with E-state index in [1.54, 1.807) is 13.2 Å². The maximum absolute atomic E-state index is 12.2. The van der Waals surface area contributed by atoms with Crippen LogP contribution in [0.2, 0.25) is 0 Å². The van der Waals surface area contributed by atoms with Gasteiger partial charge in [0.05, 0.1) is 0 Å². The SMILES string of the molecule is COCCCNC(=O)c1cc(C)nc(Nc2ccc(C)cc2C)n1. The molecule has 0 aliphatic rings. The van der Waals surface area contributed by atoms with E-state index >= 15 is 0 Å². The summed E-state index contributed by atoms with van der Waals surface area (Å²) in [4.78, 5) is 20.9. The van der Waals surface area contributed by atoms with Gasteiger partial charge < -0.3 is 15.4 Å². The first-order valence-corrected chi connectivity index (χ1v) is 7.96. The van der Waals surface area contributed by atoms with Crippen LogP contribution in [-0.4, -0.2) is 36.1 Å². The van der Waals surface area contributed by atoms with Gasteiger partial charge in [-0.15, -0.1) is 0 Å². The molecule has 128 valence electrons. The molecule has 0 atom stereocenters. The van der Waals surface area contributed by atoms with E-state index in [4.69, 9.17) is 4.74 Å². The van der Waals surface area contributed by atoms with E-state index in [9.17, 15) is 4.79 Å². The van der Waals surface area contributed by atoms with Gasteiger partial charge in [0.15, 0.2) is 0 Å². The van der Waals surface area contributed by atoms with Crippen molar-refractivity contribution in [2.75, 3.05) is 25.6 Å². The van der Waals surface area contributed by atoms with E-state index in [2.05, 4.69) is 26.7 Å². The molecule has 0 saturated heterocycles. The molecule has 2 aromatic rings. The molecular weight excluding hydrogens is 304 g/mol. The summed E-state index contributed by atoms with van der Waals surface area (Å²) in [5, 5.41) is 6.02. The number of methoxy groups -OCH3 is 1. The highest BCUT2D eigenvalue weighted by Crippen LogP contribution is 2.19. The summed E-state index contributed by atoms with van der Waals surface area (Å²) in [6, 6.07) is 7.77. The molecule has 0 aliphatic carbocycles. The van der Waals surface area contributed by atoms with Gasteiger partial charge in [-0.05, 0) is 44.9 Å². The summed E-state index contributed by atoms with van der Waals surface area (Å²) in [6.45, 7) is 7.08. The molecule has 0 bridgehead atoms. The van der Waals surface area contributed by atoms with Gasteiger partial charge in [-0.3, -0.25) is 4.79 Å². The third-order valence-corrected chi connectivity index (χ3v) is 3.53. The second kappa shape index (κ2) is 8.40. The van der Waals surface area contributed by atoms with Crippen molar-refractivity contribution in [3.63, 3.8) is 0 Å². The van der Waals surface area contributed by atoms with Gasteiger partial charge >= 0.3 is 0 Å². The molecule has 0 radical (unpaired) electrons. The van der Waals surface area contributed by atoms with E-state index in [0.717, 1.165) is 23.4 Å². The number of aryl methyl sites for hydroxylation is 3. The molecule has 2 N–H and O–H groups in total. The van der Waals surface area contributed by atoms with Crippen LogP contribution in [0.3, 0.4) is 0 Å². The Labute approximate surface area is 142 Å². The Balaban J connectivity index is 2.11. The van der Waals surface area contributed by atoms with Crippen LogP contribution in [-0.2, 0) is 4.74 Å². The van der Waals surface area contributed by atoms with Crippen LogP contribution < -0.4 is 10.6 Å². The first-order valence-electron chi connectivity index (χ1n) is 7.96. The summed E-state index contributed by atoms with van der Waals surface area (Å²) >= 11 is 0. The van der Waals surface area contributed by atoms with Crippen molar-refractivity contribution in [3.8, 4) is 0 Å².